The minimum atomic E-state index is -3.34. The fraction of sp³-hybridized carbons (Fsp3) is 0.500. The SMILES string of the molecule is CCC(C)P(=O)(NC(C)C(=O)OC)Oc1ccc(F)cc1. The van der Waals surface area contributed by atoms with Crippen LogP contribution < -0.4 is 9.61 Å². The molecule has 1 rings (SSSR count). The van der Waals surface area contributed by atoms with E-state index in [9.17, 15) is 13.8 Å². The highest BCUT2D eigenvalue weighted by Crippen LogP contribution is 2.49. The summed E-state index contributed by atoms with van der Waals surface area (Å²) in [4.78, 5) is 11.5. The number of esters is 1. The Morgan fingerprint density at radius 3 is 2.38 bits per heavy atom. The van der Waals surface area contributed by atoms with Gasteiger partial charge in [-0.05, 0) is 37.6 Å². The molecule has 0 fully saturated rings. The molecule has 0 heterocycles. The lowest BCUT2D eigenvalue weighted by Crippen LogP contribution is -2.36. The van der Waals surface area contributed by atoms with Gasteiger partial charge in [-0.15, -0.1) is 0 Å². The summed E-state index contributed by atoms with van der Waals surface area (Å²) in [5.41, 5.74) is -0.311. The molecule has 0 saturated carbocycles. The fourth-order valence-electron chi connectivity index (χ4n) is 1.64. The van der Waals surface area contributed by atoms with Crippen LogP contribution in [0.5, 0.6) is 5.75 Å². The summed E-state index contributed by atoms with van der Waals surface area (Å²) in [5.74, 6) is -0.651. The molecule has 3 atom stereocenters. The molecule has 1 N–H and O–H groups in total. The Morgan fingerprint density at radius 1 is 1.33 bits per heavy atom. The number of hydrogen-bond acceptors (Lipinski definition) is 4. The van der Waals surface area contributed by atoms with E-state index >= 15 is 0 Å². The quantitative estimate of drug-likeness (QED) is 0.617. The summed E-state index contributed by atoms with van der Waals surface area (Å²) in [6.45, 7) is 5.19. The zero-order valence-electron chi connectivity index (χ0n) is 12.6. The number of carbonyl (C=O) groups excluding carboxylic acids is 1. The van der Waals surface area contributed by atoms with E-state index in [1.807, 2.05) is 6.92 Å². The Bertz CT molecular complexity index is 520. The topological polar surface area (TPSA) is 64.6 Å². The minimum Gasteiger partial charge on any atom is -0.468 e. The highest BCUT2D eigenvalue weighted by Gasteiger charge is 2.35. The van der Waals surface area contributed by atoms with Crippen LogP contribution in [0.4, 0.5) is 4.39 Å². The number of halogens is 1. The number of nitrogens with one attached hydrogen (secondary N) is 1. The first-order valence-corrected chi connectivity index (χ1v) is 8.42. The lowest BCUT2D eigenvalue weighted by atomic mass is 10.3. The average Bonchev–Trinajstić information content (AvgIpc) is 2.47. The molecule has 118 valence electrons. The largest absolute Gasteiger partial charge is 0.468 e. The molecule has 1 aromatic carbocycles. The Kier molecular flexibility index (Phi) is 6.37. The molecule has 21 heavy (non-hydrogen) atoms. The number of rotatable bonds is 7. The van der Waals surface area contributed by atoms with E-state index in [-0.39, 0.29) is 11.4 Å². The molecule has 0 aliphatic heterocycles. The van der Waals surface area contributed by atoms with Crippen molar-refractivity contribution in [1.29, 1.82) is 0 Å². The summed E-state index contributed by atoms with van der Waals surface area (Å²) in [6.07, 6.45) is 0.597. The maximum absolute atomic E-state index is 13.0. The fourth-order valence-corrected chi connectivity index (χ4v) is 3.68. The van der Waals surface area contributed by atoms with Crippen molar-refractivity contribution in [1.82, 2.24) is 5.09 Å². The van der Waals surface area contributed by atoms with Crippen molar-refractivity contribution in [2.24, 2.45) is 0 Å². The van der Waals surface area contributed by atoms with Crippen LogP contribution >= 0.6 is 7.52 Å². The van der Waals surface area contributed by atoms with Crippen molar-refractivity contribution in [2.45, 2.75) is 38.9 Å². The molecule has 0 amide bonds. The van der Waals surface area contributed by atoms with E-state index in [0.29, 0.717) is 6.42 Å². The van der Waals surface area contributed by atoms with Crippen LogP contribution in [0.1, 0.15) is 27.2 Å². The van der Waals surface area contributed by atoms with Crippen LogP contribution in [0.3, 0.4) is 0 Å². The first-order valence-electron chi connectivity index (χ1n) is 6.73. The van der Waals surface area contributed by atoms with Gasteiger partial charge in [-0.25, -0.2) is 9.48 Å². The summed E-state index contributed by atoms with van der Waals surface area (Å²) >= 11 is 0. The lowest BCUT2D eigenvalue weighted by Gasteiger charge is -2.27. The Balaban J connectivity index is 2.95. The second-order valence-electron chi connectivity index (χ2n) is 4.77. The van der Waals surface area contributed by atoms with E-state index in [0.717, 1.165) is 0 Å². The Labute approximate surface area is 124 Å². The van der Waals surface area contributed by atoms with Crippen LogP contribution in [0.25, 0.3) is 0 Å². The van der Waals surface area contributed by atoms with E-state index in [1.165, 1.54) is 31.4 Å². The van der Waals surface area contributed by atoms with Gasteiger partial charge in [0.25, 0.3) is 0 Å². The average molecular weight is 317 g/mol. The maximum atomic E-state index is 13.0. The van der Waals surface area contributed by atoms with Gasteiger partial charge in [-0.1, -0.05) is 13.8 Å². The van der Waals surface area contributed by atoms with Gasteiger partial charge in [0, 0.05) is 0 Å². The van der Waals surface area contributed by atoms with Crippen molar-refractivity contribution in [2.75, 3.05) is 7.11 Å². The van der Waals surface area contributed by atoms with Gasteiger partial charge in [0.1, 0.15) is 17.6 Å². The van der Waals surface area contributed by atoms with Crippen molar-refractivity contribution in [3.63, 3.8) is 0 Å². The third-order valence-electron chi connectivity index (χ3n) is 3.15. The molecule has 0 saturated heterocycles. The maximum Gasteiger partial charge on any atom is 0.323 e. The van der Waals surface area contributed by atoms with Crippen LogP contribution in [-0.2, 0) is 14.1 Å². The molecule has 3 unspecified atom stereocenters. The molecule has 0 aromatic heterocycles. The Hall–Kier alpha value is -1.39. The van der Waals surface area contributed by atoms with Gasteiger partial charge in [-0.3, -0.25) is 9.36 Å². The zero-order chi connectivity index (χ0) is 16.0. The van der Waals surface area contributed by atoms with Gasteiger partial charge >= 0.3 is 13.5 Å². The van der Waals surface area contributed by atoms with Crippen molar-refractivity contribution >= 4 is 13.5 Å². The van der Waals surface area contributed by atoms with E-state index < -0.39 is 25.3 Å². The van der Waals surface area contributed by atoms with Crippen LogP contribution in [-0.4, -0.2) is 24.8 Å². The van der Waals surface area contributed by atoms with Gasteiger partial charge in [0.05, 0.1) is 12.8 Å². The van der Waals surface area contributed by atoms with Crippen molar-refractivity contribution in [3.8, 4) is 5.75 Å². The summed E-state index contributed by atoms with van der Waals surface area (Å²) in [6, 6.07) is 4.47. The Morgan fingerprint density at radius 2 is 1.90 bits per heavy atom. The van der Waals surface area contributed by atoms with Crippen molar-refractivity contribution in [3.05, 3.63) is 30.1 Å². The molecule has 0 aliphatic rings. The van der Waals surface area contributed by atoms with Gasteiger partial charge in [0.2, 0.25) is 0 Å². The van der Waals surface area contributed by atoms with Crippen LogP contribution in [0, 0.1) is 5.82 Å². The van der Waals surface area contributed by atoms with Crippen LogP contribution in [0.15, 0.2) is 24.3 Å². The minimum absolute atomic E-state index is 0.282. The molecule has 0 radical (unpaired) electrons. The summed E-state index contributed by atoms with van der Waals surface area (Å²) < 4.78 is 36.1. The first kappa shape index (κ1) is 17.7. The third-order valence-corrected chi connectivity index (χ3v) is 5.91. The number of methoxy groups -OCH3 is 1. The lowest BCUT2D eigenvalue weighted by molar-refractivity contribution is -0.142. The standard InChI is InChI=1S/C14H21FNO4P/c1-5-10(2)21(18,16-11(3)14(17)19-4)20-13-8-6-12(15)7-9-13/h6-11H,5H2,1-4H3,(H,16,18). The molecule has 0 bridgehead atoms. The molecule has 0 spiro atoms. The second-order valence-corrected chi connectivity index (χ2v) is 7.29. The predicted molar refractivity (Wildman–Crippen MR) is 79.0 cm³/mol. The smallest absolute Gasteiger partial charge is 0.323 e. The monoisotopic (exact) mass is 317 g/mol. The van der Waals surface area contributed by atoms with Gasteiger partial charge < -0.3 is 9.26 Å². The van der Waals surface area contributed by atoms with Gasteiger partial charge in [0.15, 0.2) is 0 Å². The second kappa shape index (κ2) is 7.57. The number of benzene rings is 1. The number of carbonyl (C=O) groups is 1. The first-order chi connectivity index (χ1) is 9.82. The summed E-state index contributed by atoms with van der Waals surface area (Å²) in [5, 5.41) is 2.72. The predicted octanol–water partition coefficient (Wildman–Crippen LogP) is 3.35. The molecule has 5 nitrogen and oxygen atoms in total. The summed E-state index contributed by atoms with van der Waals surface area (Å²) in [7, 11) is -2.08. The molecular formula is C14H21FNO4P. The van der Waals surface area contributed by atoms with Gasteiger partial charge in [-0.2, -0.15) is 0 Å². The third kappa shape index (κ3) is 4.83. The van der Waals surface area contributed by atoms with E-state index in [2.05, 4.69) is 9.82 Å². The highest BCUT2D eigenvalue weighted by atomic mass is 31.2. The molecule has 1 aromatic rings. The van der Waals surface area contributed by atoms with E-state index in [1.54, 1.807) is 13.8 Å². The number of ether oxygens (including phenoxy) is 1. The molecule has 7 heteroatoms. The van der Waals surface area contributed by atoms with E-state index in [4.69, 9.17) is 4.52 Å². The molecule has 0 aliphatic carbocycles. The van der Waals surface area contributed by atoms with Crippen molar-refractivity contribution < 1.29 is 23.0 Å². The normalized spacial score (nSPS) is 16.6. The number of hydrogen-bond donors (Lipinski definition) is 1. The van der Waals surface area contributed by atoms with Crippen LogP contribution in [0.2, 0.25) is 0 Å². The zero-order valence-corrected chi connectivity index (χ0v) is 13.5. The highest BCUT2D eigenvalue weighted by molar-refractivity contribution is 7.58. The molecular weight excluding hydrogens is 296 g/mol.